The van der Waals surface area contributed by atoms with Crippen LogP contribution in [0.3, 0.4) is 0 Å². The molecule has 0 atom stereocenters. The summed E-state index contributed by atoms with van der Waals surface area (Å²) in [6.07, 6.45) is 1.58. The number of nitrogens with zero attached hydrogens (tertiary/aromatic N) is 3. The number of halogens is 1. The Hall–Kier alpha value is -4.05. The van der Waals surface area contributed by atoms with Crippen molar-refractivity contribution in [1.82, 2.24) is 9.66 Å². The van der Waals surface area contributed by atoms with Crippen LogP contribution < -0.4 is 29.2 Å². The monoisotopic (exact) mass is 593 g/mol. The smallest absolute Gasteiger partial charge is 0.282 e. The van der Waals surface area contributed by atoms with Gasteiger partial charge in [-0.05, 0) is 48.0 Å². The zero-order chi connectivity index (χ0) is 27.7. The molecule has 0 saturated heterocycles. The maximum absolute atomic E-state index is 13.5. The van der Waals surface area contributed by atoms with E-state index in [2.05, 4.69) is 21.0 Å². The lowest BCUT2D eigenvalue weighted by Crippen LogP contribution is -2.29. The van der Waals surface area contributed by atoms with E-state index in [9.17, 15) is 4.79 Å². The van der Waals surface area contributed by atoms with Gasteiger partial charge in [-0.2, -0.15) is 9.78 Å². The van der Waals surface area contributed by atoms with Gasteiger partial charge in [-0.3, -0.25) is 4.79 Å². The molecule has 2 heterocycles. The van der Waals surface area contributed by atoms with Crippen molar-refractivity contribution >= 4 is 33.0 Å². The third-order valence-electron chi connectivity index (χ3n) is 6.10. The molecule has 0 aliphatic carbocycles. The summed E-state index contributed by atoms with van der Waals surface area (Å²) in [4.78, 5) is 18.2. The van der Waals surface area contributed by atoms with Crippen molar-refractivity contribution in [3.63, 3.8) is 0 Å². The van der Waals surface area contributed by atoms with Gasteiger partial charge >= 0.3 is 0 Å². The standard InChI is InChI=1S/C29H28BrN3O6/c1-29(2,3)28-32-21-8-7-19(30)13-20(21)27(34)33(28)31-14-18-11-24(35-4)26(25(12-18)36-5)37-15-17-6-9-22-23(10-17)39-16-38-22/h6-14H,15-16H2,1-5H3. The quantitative estimate of drug-likeness (QED) is 0.255. The van der Waals surface area contributed by atoms with Gasteiger partial charge in [0.15, 0.2) is 23.0 Å². The van der Waals surface area contributed by atoms with Crippen LogP contribution in [0, 0.1) is 0 Å². The van der Waals surface area contributed by atoms with Crippen LogP contribution in [0.5, 0.6) is 28.7 Å². The predicted molar refractivity (Wildman–Crippen MR) is 152 cm³/mol. The maximum atomic E-state index is 13.5. The van der Waals surface area contributed by atoms with Crippen molar-refractivity contribution in [2.24, 2.45) is 5.10 Å². The summed E-state index contributed by atoms with van der Waals surface area (Å²) in [5.41, 5.74) is 1.48. The summed E-state index contributed by atoms with van der Waals surface area (Å²) in [6.45, 7) is 6.44. The molecule has 39 heavy (non-hydrogen) atoms. The number of hydrogen-bond donors (Lipinski definition) is 0. The first-order valence-corrected chi connectivity index (χ1v) is 13.0. The van der Waals surface area contributed by atoms with Crippen LogP contribution in [-0.2, 0) is 12.0 Å². The Morgan fingerprint density at radius 3 is 2.44 bits per heavy atom. The molecular formula is C29H28BrN3O6. The van der Waals surface area contributed by atoms with Gasteiger partial charge in [0.2, 0.25) is 12.5 Å². The molecule has 0 saturated carbocycles. The Morgan fingerprint density at radius 1 is 1.03 bits per heavy atom. The van der Waals surface area contributed by atoms with Crippen LogP contribution in [-0.4, -0.2) is 36.9 Å². The van der Waals surface area contributed by atoms with Gasteiger partial charge in [0.1, 0.15) is 12.4 Å². The van der Waals surface area contributed by atoms with Crippen molar-refractivity contribution in [2.75, 3.05) is 21.0 Å². The Balaban J connectivity index is 1.49. The maximum Gasteiger partial charge on any atom is 0.282 e. The molecule has 202 valence electrons. The average Bonchev–Trinajstić information content (AvgIpc) is 3.38. The van der Waals surface area contributed by atoms with Gasteiger partial charge < -0.3 is 23.7 Å². The largest absolute Gasteiger partial charge is 0.493 e. The van der Waals surface area contributed by atoms with E-state index >= 15 is 0 Å². The minimum absolute atomic E-state index is 0.209. The highest BCUT2D eigenvalue weighted by Gasteiger charge is 2.23. The summed E-state index contributed by atoms with van der Waals surface area (Å²) < 4.78 is 30.3. The lowest BCUT2D eigenvalue weighted by Gasteiger charge is -2.21. The first-order chi connectivity index (χ1) is 18.7. The Kier molecular flexibility index (Phi) is 7.22. The minimum atomic E-state index is -0.431. The van der Waals surface area contributed by atoms with Crippen molar-refractivity contribution < 1.29 is 23.7 Å². The molecule has 9 nitrogen and oxygen atoms in total. The predicted octanol–water partition coefficient (Wildman–Crippen LogP) is 5.66. The van der Waals surface area contributed by atoms with Crippen LogP contribution in [0.4, 0.5) is 0 Å². The highest BCUT2D eigenvalue weighted by atomic mass is 79.9. The van der Waals surface area contributed by atoms with Gasteiger partial charge in [-0.25, -0.2) is 4.98 Å². The van der Waals surface area contributed by atoms with Gasteiger partial charge in [-0.15, -0.1) is 0 Å². The Morgan fingerprint density at radius 2 is 1.74 bits per heavy atom. The van der Waals surface area contributed by atoms with E-state index in [0.717, 1.165) is 10.0 Å². The molecule has 0 radical (unpaired) electrons. The molecular weight excluding hydrogens is 566 g/mol. The van der Waals surface area contributed by atoms with E-state index < -0.39 is 5.41 Å². The van der Waals surface area contributed by atoms with Crippen molar-refractivity contribution in [1.29, 1.82) is 0 Å². The third-order valence-corrected chi connectivity index (χ3v) is 6.60. The number of aromatic nitrogens is 2. The zero-order valence-corrected chi connectivity index (χ0v) is 23.9. The summed E-state index contributed by atoms with van der Waals surface area (Å²) in [7, 11) is 3.10. The molecule has 3 aromatic carbocycles. The highest BCUT2D eigenvalue weighted by Crippen LogP contribution is 2.39. The van der Waals surface area contributed by atoms with E-state index in [0.29, 0.717) is 51.0 Å². The number of ether oxygens (including phenoxy) is 5. The van der Waals surface area contributed by atoms with Crippen LogP contribution in [0.1, 0.15) is 37.7 Å². The highest BCUT2D eigenvalue weighted by molar-refractivity contribution is 9.10. The fourth-order valence-electron chi connectivity index (χ4n) is 4.17. The summed E-state index contributed by atoms with van der Waals surface area (Å²) >= 11 is 3.44. The van der Waals surface area contributed by atoms with Gasteiger partial charge in [0.25, 0.3) is 5.56 Å². The van der Waals surface area contributed by atoms with E-state index in [4.69, 9.17) is 28.7 Å². The number of rotatable bonds is 7. The summed E-state index contributed by atoms with van der Waals surface area (Å²) in [5.74, 6) is 3.30. The molecule has 4 aromatic rings. The third kappa shape index (κ3) is 5.42. The fourth-order valence-corrected chi connectivity index (χ4v) is 4.53. The van der Waals surface area contributed by atoms with Crippen LogP contribution in [0.2, 0.25) is 0 Å². The van der Waals surface area contributed by atoms with Gasteiger partial charge in [-0.1, -0.05) is 42.8 Å². The van der Waals surface area contributed by atoms with E-state index in [1.54, 1.807) is 38.6 Å². The molecule has 0 unspecified atom stereocenters. The lowest BCUT2D eigenvalue weighted by molar-refractivity contribution is 0.174. The van der Waals surface area contributed by atoms with E-state index in [-0.39, 0.29) is 19.0 Å². The average molecular weight is 594 g/mol. The molecule has 0 amide bonds. The topological polar surface area (TPSA) is 93.4 Å². The molecule has 5 rings (SSSR count). The van der Waals surface area contributed by atoms with Crippen LogP contribution in [0.25, 0.3) is 10.9 Å². The molecule has 1 aliphatic heterocycles. The molecule has 1 aliphatic rings. The molecule has 0 N–H and O–H groups in total. The van der Waals surface area contributed by atoms with Gasteiger partial charge in [0.05, 0.1) is 31.3 Å². The van der Waals surface area contributed by atoms with E-state index in [1.165, 1.54) is 4.68 Å². The number of fused-ring (bicyclic) bond motifs is 2. The first kappa shape index (κ1) is 26.6. The number of hydrogen-bond acceptors (Lipinski definition) is 8. The molecule has 10 heteroatoms. The SMILES string of the molecule is COc1cc(C=Nn2c(C(C)(C)C)nc3ccc(Br)cc3c2=O)cc(OC)c1OCc1ccc2c(c1)OCO2. The molecule has 0 fully saturated rings. The van der Waals surface area contributed by atoms with E-state index in [1.807, 2.05) is 51.1 Å². The summed E-state index contributed by atoms with van der Waals surface area (Å²) in [6, 6.07) is 14.6. The second-order valence-electron chi connectivity index (χ2n) is 9.94. The molecule has 0 bridgehead atoms. The van der Waals surface area contributed by atoms with Crippen molar-refractivity contribution in [3.05, 3.63) is 80.3 Å². The molecule has 1 aromatic heterocycles. The van der Waals surface area contributed by atoms with Gasteiger partial charge in [0, 0.05) is 15.5 Å². The normalized spacial score (nSPS) is 12.8. The molecule has 0 spiro atoms. The number of methoxy groups -OCH3 is 2. The second kappa shape index (κ2) is 10.6. The van der Waals surface area contributed by atoms with Crippen LogP contribution >= 0.6 is 15.9 Å². The minimum Gasteiger partial charge on any atom is -0.493 e. The van der Waals surface area contributed by atoms with Crippen molar-refractivity contribution in [3.8, 4) is 28.7 Å². The zero-order valence-electron chi connectivity index (χ0n) is 22.3. The second-order valence-corrected chi connectivity index (χ2v) is 10.9. The summed E-state index contributed by atoms with van der Waals surface area (Å²) in [5, 5.41) is 5.02. The lowest BCUT2D eigenvalue weighted by atomic mass is 9.95. The van der Waals surface area contributed by atoms with Crippen LogP contribution in [0.15, 0.2) is 62.9 Å². The first-order valence-electron chi connectivity index (χ1n) is 12.2. The Labute approximate surface area is 234 Å². The Bertz CT molecular complexity index is 1620. The fraction of sp³-hybridized carbons (Fsp3) is 0.276. The van der Waals surface area contributed by atoms with Crippen molar-refractivity contribution in [2.45, 2.75) is 32.8 Å². The number of benzene rings is 3.